The van der Waals surface area contributed by atoms with Gasteiger partial charge in [0.15, 0.2) is 0 Å². The molecule has 2 N–H and O–H groups in total. The van der Waals surface area contributed by atoms with Gasteiger partial charge in [-0.25, -0.2) is 4.79 Å². The van der Waals surface area contributed by atoms with Crippen LogP contribution < -0.4 is 5.32 Å². The molecule has 2 amide bonds. The van der Waals surface area contributed by atoms with Crippen molar-refractivity contribution in [3.63, 3.8) is 0 Å². The summed E-state index contributed by atoms with van der Waals surface area (Å²) in [4.78, 5) is 43.0. The summed E-state index contributed by atoms with van der Waals surface area (Å²) in [6.45, 7) is 9.08. The molecular weight excluding hydrogens is 386 g/mol. The molecule has 2 rings (SSSR count). The first-order valence-electron chi connectivity index (χ1n) is 10.8. The maximum atomic E-state index is 13.3. The topological polar surface area (TPSA) is 101 Å². The van der Waals surface area contributed by atoms with Gasteiger partial charge in [0.25, 0.3) is 5.91 Å². The Bertz CT molecular complexity index is 758. The number of ether oxygens (including phenoxy) is 2. The van der Waals surface area contributed by atoms with Crippen LogP contribution in [0.25, 0.3) is 0 Å². The Morgan fingerprint density at radius 3 is 2.60 bits per heavy atom. The van der Waals surface area contributed by atoms with Crippen molar-refractivity contribution in [1.82, 2.24) is 15.2 Å². The van der Waals surface area contributed by atoms with Gasteiger partial charge in [-0.2, -0.15) is 0 Å². The highest BCUT2D eigenvalue weighted by Crippen LogP contribution is 2.26. The van der Waals surface area contributed by atoms with Crippen molar-refractivity contribution < 1.29 is 23.9 Å². The van der Waals surface area contributed by atoms with Crippen LogP contribution in [0, 0.1) is 19.8 Å². The van der Waals surface area contributed by atoms with Crippen molar-refractivity contribution in [2.45, 2.75) is 59.4 Å². The summed E-state index contributed by atoms with van der Waals surface area (Å²) in [6, 6.07) is 0.0253. The molecular formula is C22H35N3O5. The number of unbranched alkanes of at least 4 members (excludes halogenated alkanes) is 1. The number of likely N-dealkylation sites (tertiary alicyclic amines) is 1. The number of aromatic nitrogens is 1. The van der Waals surface area contributed by atoms with E-state index in [9.17, 15) is 14.4 Å². The van der Waals surface area contributed by atoms with E-state index < -0.39 is 5.97 Å². The molecule has 0 radical (unpaired) electrons. The summed E-state index contributed by atoms with van der Waals surface area (Å²) in [5.41, 5.74) is 1.93. The lowest BCUT2D eigenvalue weighted by molar-refractivity contribution is -0.126. The third-order valence-electron chi connectivity index (χ3n) is 5.72. The quantitative estimate of drug-likeness (QED) is 0.471. The zero-order chi connectivity index (χ0) is 22.3. The molecule has 1 aliphatic rings. The molecule has 0 aliphatic carbocycles. The predicted octanol–water partition coefficient (Wildman–Crippen LogP) is 2.59. The minimum atomic E-state index is -0.475. The average Bonchev–Trinajstić information content (AvgIpc) is 3.02. The van der Waals surface area contributed by atoms with E-state index in [4.69, 9.17) is 9.47 Å². The van der Waals surface area contributed by atoms with Crippen molar-refractivity contribution in [3.05, 3.63) is 22.5 Å². The highest BCUT2D eigenvalue weighted by atomic mass is 16.6. The maximum Gasteiger partial charge on any atom is 0.340 e. The van der Waals surface area contributed by atoms with Gasteiger partial charge in [-0.15, -0.1) is 0 Å². The zero-order valence-electron chi connectivity index (χ0n) is 18.8. The van der Waals surface area contributed by atoms with Crippen molar-refractivity contribution in [3.8, 4) is 0 Å². The number of rotatable bonds is 9. The monoisotopic (exact) mass is 421 g/mol. The van der Waals surface area contributed by atoms with Gasteiger partial charge in [0.2, 0.25) is 5.91 Å². The molecule has 8 heteroatoms. The summed E-state index contributed by atoms with van der Waals surface area (Å²) in [5, 5.41) is 2.98. The number of carbonyl (C=O) groups excluding carboxylic acids is 3. The number of aryl methyl sites for hydroxylation is 1. The molecule has 1 aromatic heterocycles. The fraction of sp³-hybridized carbons (Fsp3) is 0.682. The molecule has 1 aliphatic heterocycles. The number of amides is 2. The average molecular weight is 422 g/mol. The minimum absolute atomic E-state index is 0.00921. The Balaban J connectivity index is 2.13. The fourth-order valence-corrected chi connectivity index (χ4v) is 3.84. The number of hydrogen-bond donors (Lipinski definition) is 2. The largest absolute Gasteiger partial charge is 0.460 e. The number of aromatic amines is 1. The van der Waals surface area contributed by atoms with Crippen LogP contribution in [0.5, 0.6) is 0 Å². The van der Waals surface area contributed by atoms with E-state index in [0.29, 0.717) is 42.2 Å². The Labute approximate surface area is 178 Å². The normalized spacial score (nSPS) is 18.9. The number of nitrogens with zero attached hydrogens (tertiary/aromatic N) is 1. The van der Waals surface area contributed by atoms with E-state index in [1.807, 2.05) is 6.92 Å². The van der Waals surface area contributed by atoms with Crippen LogP contribution in [-0.2, 0) is 14.3 Å². The van der Waals surface area contributed by atoms with Crippen LogP contribution in [0.2, 0.25) is 0 Å². The van der Waals surface area contributed by atoms with Crippen LogP contribution in [0.1, 0.15) is 71.6 Å². The summed E-state index contributed by atoms with van der Waals surface area (Å²) < 4.78 is 10.1. The van der Waals surface area contributed by atoms with E-state index >= 15 is 0 Å². The highest BCUT2D eigenvalue weighted by Gasteiger charge is 2.35. The molecule has 8 nitrogen and oxygen atoms in total. The van der Waals surface area contributed by atoms with Gasteiger partial charge in [-0.05, 0) is 45.6 Å². The van der Waals surface area contributed by atoms with Crippen LogP contribution in [0.4, 0.5) is 0 Å². The Morgan fingerprint density at radius 2 is 1.93 bits per heavy atom. The number of methoxy groups -OCH3 is 1. The molecule has 0 saturated carbocycles. The maximum absolute atomic E-state index is 13.3. The summed E-state index contributed by atoms with van der Waals surface area (Å²) in [5.74, 6) is -0.867. The van der Waals surface area contributed by atoms with Crippen molar-refractivity contribution >= 4 is 17.8 Å². The first kappa shape index (κ1) is 23.9. The first-order valence-corrected chi connectivity index (χ1v) is 10.8. The van der Waals surface area contributed by atoms with Gasteiger partial charge in [-0.3, -0.25) is 9.59 Å². The van der Waals surface area contributed by atoms with E-state index in [1.54, 1.807) is 18.7 Å². The minimum Gasteiger partial charge on any atom is -0.460 e. The summed E-state index contributed by atoms with van der Waals surface area (Å²) in [6.07, 6.45) is 3.50. The molecule has 2 heterocycles. The third kappa shape index (κ3) is 5.62. The number of hydrogen-bond acceptors (Lipinski definition) is 5. The van der Waals surface area contributed by atoms with E-state index in [-0.39, 0.29) is 30.4 Å². The second kappa shape index (κ2) is 11.2. The lowest BCUT2D eigenvalue weighted by Crippen LogP contribution is -2.49. The van der Waals surface area contributed by atoms with Crippen molar-refractivity contribution in [1.29, 1.82) is 0 Å². The van der Waals surface area contributed by atoms with Crippen molar-refractivity contribution in [2.24, 2.45) is 5.92 Å². The van der Waals surface area contributed by atoms with E-state index in [0.717, 1.165) is 25.7 Å². The molecule has 0 bridgehead atoms. The molecule has 1 aromatic rings. The molecule has 2 atom stereocenters. The fourth-order valence-electron chi connectivity index (χ4n) is 3.84. The number of nitrogens with one attached hydrogen (secondary N) is 2. The Hall–Kier alpha value is -2.35. The lowest BCUT2D eigenvalue weighted by Gasteiger charge is -2.37. The molecule has 0 spiro atoms. The number of esters is 1. The standard InChI is InChI=1S/C22H35N3O5/c1-6-7-10-23-20(26)17-9-8-14(2)25(13-17)21(27)19-15(3)18(16(4)24-19)22(28)30-12-11-29-5/h14,17,24H,6-13H2,1-5H3,(H,23,26). The van der Waals surface area contributed by atoms with E-state index in [2.05, 4.69) is 17.2 Å². The lowest BCUT2D eigenvalue weighted by atomic mass is 9.92. The first-order chi connectivity index (χ1) is 14.3. The SMILES string of the molecule is CCCCNC(=O)C1CCC(C)N(C(=O)c2[nH]c(C)c(C(=O)OCCOC)c2C)C1. The second-order valence-corrected chi connectivity index (χ2v) is 7.98. The Kier molecular flexibility index (Phi) is 8.89. The van der Waals surface area contributed by atoms with Crippen LogP contribution in [0.3, 0.4) is 0 Å². The summed E-state index contributed by atoms with van der Waals surface area (Å²) in [7, 11) is 1.54. The van der Waals surface area contributed by atoms with Gasteiger partial charge >= 0.3 is 5.97 Å². The third-order valence-corrected chi connectivity index (χ3v) is 5.72. The second-order valence-electron chi connectivity index (χ2n) is 7.98. The van der Waals surface area contributed by atoms with Gasteiger partial charge < -0.3 is 24.7 Å². The molecule has 0 aromatic carbocycles. The van der Waals surface area contributed by atoms with E-state index in [1.165, 1.54) is 7.11 Å². The number of H-pyrrole nitrogens is 1. The van der Waals surface area contributed by atoms with Gasteiger partial charge in [0.1, 0.15) is 12.3 Å². The predicted molar refractivity (Wildman–Crippen MR) is 114 cm³/mol. The van der Waals surface area contributed by atoms with Crippen LogP contribution in [-0.4, -0.2) is 67.1 Å². The molecule has 2 unspecified atom stereocenters. The van der Waals surface area contributed by atoms with Gasteiger partial charge in [-0.1, -0.05) is 13.3 Å². The highest BCUT2D eigenvalue weighted by molar-refractivity contribution is 6.00. The molecule has 168 valence electrons. The number of piperidine rings is 1. The zero-order valence-corrected chi connectivity index (χ0v) is 18.8. The summed E-state index contributed by atoms with van der Waals surface area (Å²) >= 11 is 0. The Morgan fingerprint density at radius 1 is 1.20 bits per heavy atom. The van der Waals surface area contributed by atoms with Crippen LogP contribution in [0.15, 0.2) is 0 Å². The van der Waals surface area contributed by atoms with Crippen molar-refractivity contribution in [2.75, 3.05) is 33.4 Å². The molecule has 1 fully saturated rings. The smallest absolute Gasteiger partial charge is 0.340 e. The molecule has 30 heavy (non-hydrogen) atoms. The van der Waals surface area contributed by atoms with Crippen LogP contribution >= 0.6 is 0 Å². The van der Waals surface area contributed by atoms with Gasteiger partial charge in [0, 0.05) is 31.9 Å². The van der Waals surface area contributed by atoms with Gasteiger partial charge in [0.05, 0.1) is 18.1 Å². The number of carbonyl (C=O) groups is 3. The molecule has 1 saturated heterocycles.